The Morgan fingerprint density at radius 1 is 1.24 bits per heavy atom. The summed E-state index contributed by atoms with van der Waals surface area (Å²) in [6.45, 7) is 7.27. The molecule has 0 saturated carbocycles. The van der Waals surface area contributed by atoms with Crippen molar-refractivity contribution in [1.29, 1.82) is 0 Å². The Balaban J connectivity index is 1.91. The highest BCUT2D eigenvalue weighted by atomic mass is 32.2. The molecule has 29 heavy (non-hydrogen) atoms. The van der Waals surface area contributed by atoms with Gasteiger partial charge < -0.3 is 9.47 Å². The van der Waals surface area contributed by atoms with Crippen LogP contribution in [0.5, 0.6) is 10.8 Å². The SMILES string of the molecule is CCCC(=O)Oc1ccc(C#Cc2cc3c(cc2SC)OCCC3(CC)CC)s1. The number of hydrogen-bond donors (Lipinski definition) is 0. The Kier molecular flexibility index (Phi) is 7.32. The monoisotopic (exact) mass is 428 g/mol. The molecule has 3 nitrogen and oxygen atoms in total. The Morgan fingerprint density at radius 2 is 2.03 bits per heavy atom. The maximum Gasteiger partial charge on any atom is 0.311 e. The van der Waals surface area contributed by atoms with Crippen LogP contribution in [0, 0.1) is 11.8 Å². The summed E-state index contributed by atoms with van der Waals surface area (Å²) in [6, 6.07) is 8.11. The Bertz CT molecular complexity index is 929. The second-order valence-corrected chi connectivity index (χ2v) is 9.12. The summed E-state index contributed by atoms with van der Waals surface area (Å²) >= 11 is 3.10. The van der Waals surface area contributed by atoms with Gasteiger partial charge in [-0.05, 0) is 56.2 Å². The van der Waals surface area contributed by atoms with Crippen molar-refractivity contribution in [2.75, 3.05) is 12.9 Å². The smallest absolute Gasteiger partial charge is 0.311 e. The Hall–Kier alpha value is -1.90. The number of thiophene rings is 1. The first-order chi connectivity index (χ1) is 14.0. The molecule has 0 amide bonds. The van der Waals surface area contributed by atoms with Crippen LogP contribution in [0.2, 0.25) is 0 Å². The van der Waals surface area contributed by atoms with Crippen molar-refractivity contribution >= 4 is 29.1 Å². The van der Waals surface area contributed by atoms with Crippen LogP contribution in [-0.4, -0.2) is 18.8 Å². The molecule has 0 unspecified atom stereocenters. The topological polar surface area (TPSA) is 35.5 Å². The molecular formula is C24H28O3S2. The van der Waals surface area contributed by atoms with Crippen LogP contribution in [0.4, 0.5) is 0 Å². The van der Waals surface area contributed by atoms with Gasteiger partial charge in [-0.15, -0.1) is 11.8 Å². The number of fused-ring (bicyclic) bond motifs is 1. The summed E-state index contributed by atoms with van der Waals surface area (Å²) < 4.78 is 11.3. The minimum absolute atomic E-state index is 0.171. The quantitative estimate of drug-likeness (QED) is 0.302. The molecule has 5 heteroatoms. The molecule has 0 saturated heterocycles. The van der Waals surface area contributed by atoms with E-state index in [1.54, 1.807) is 11.8 Å². The van der Waals surface area contributed by atoms with Crippen molar-refractivity contribution in [3.63, 3.8) is 0 Å². The zero-order valence-electron chi connectivity index (χ0n) is 17.6. The Morgan fingerprint density at radius 3 is 2.72 bits per heavy atom. The van der Waals surface area contributed by atoms with Crippen molar-refractivity contribution in [1.82, 2.24) is 0 Å². The van der Waals surface area contributed by atoms with E-state index in [9.17, 15) is 4.79 Å². The first-order valence-corrected chi connectivity index (χ1v) is 12.3. The van der Waals surface area contributed by atoms with Gasteiger partial charge in [0.15, 0.2) is 5.06 Å². The van der Waals surface area contributed by atoms with Crippen LogP contribution >= 0.6 is 23.1 Å². The zero-order valence-corrected chi connectivity index (χ0v) is 19.2. The highest BCUT2D eigenvalue weighted by Gasteiger charge is 2.35. The van der Waals surface area contributed by atoms with Crippen molar-refractivity contribution in [3.05, 3.63) is 40.3 Å². The molecule has 2 aromatic rings. The lowest BCUT2D eigenvalue weighted by molar-refractivity contribution is -0.134. The second-order valence-electron chi connectivity index (χ2n) is 7.23. The molecule has 1 aromatic heterocycles. The van der Waals surface area contributed by atoms with Crippen LogP contribution in [0.3, 0.4) is 0 Å². The average Bonchev–Trinajstić information content (AvgIpc) is 3.18. The minimum atomic E-state index is -0.191. The van der Waals surface area contributed by atoms with E-state index in [4.69, 9.17) is 9.47 Å². The first-order valence-electron chi connectivity index (χ1n) is 10.2. The maximum atomic E-state index is 11.7. The van der Waals surface area contributed by atoms with Gasteiger partial charge in [0.2, 0.25) is 0 Å². The van der Waals surface area contributed by atoms with Gasteiger partial charge in [-0.25, -0.2) is 0 Å². The molecule has 0 fully saturated rings. The molecule has 1 aliphatic rings. The van der Waals surface area contributed by atoms with Gasteiger partial charge in [0.25, 0.3) is 0 Å². The molecule has 0 radical (unpaired) electrons. The number of rotatable bonds is 6. The average molecular weight is 429 g/mol. The van der Waals surface area contributed by atoms with E-state index in [1.165, 1.54) is 16.9 Å². The summed E-state index contributed by atoms with van der Waals surface area (Å²) in [7, 11) is 0. The summed E-state index contributed by atoms with van der Waals surface area (Å²) in [4.78, 5) is 13.7. The molecule has 0 bridgehead atoms. The Labute approximate surface area is 182 Å². The number of carbonyl (C=O) groups excluding carboxylic acids is 1. The fourth-order valence-corrected chi connectivity index (χ4v) is 5.06. The van der Waals surface area contributed by atoms with Crippen LogP contribution in [0.1, 0.15) is 68.9 Å². The van der Waals surface area contributed by atoms with E-state index in [0.717, 1.165) is 53.4 Å². The van der Waals surface area contributed by atoms with Crippen molar-refractivity contribution in [2.24, 2.45) is 0 Å². The van der Waals surface area contributed by atoms with E-state index < -0.39 is 0 Å². The lowest BCUT2D eigenvalue weighted by Gasteiger charge is -2.38. The van der Waals surface area contributed by atoms with Gasteiger partial charge >= 0.3 is 5.97 Å². The fraction of sp³-hybridized carbons (Fsp3) is 0.458. The molecular weight excluding hydrogens is 400 g/mol. The van der Waals surface area contributed by atoms with E-state index in [2.05, 4.69) is 44.1 Å². The number of thioether (sulfide) groups is 1. The third-order valence-electron chi connectivity index (χ3n) is 5.64. The molecule has 0 spiro atoms. The summed E-state index contributed by atoms with van der Waals surface area (Å²) in [5.41, 5.74) is 2.49. The molecule has 0 aliphatic carbocycles. The van der Waals surface area contributed by atoms with Gasteiger partial charge in [0.05, 0.1) is 11.5 Å². The zero-order chi connectivity index (χ0) is 20.9. The number of benzene rings is 1. The van der Waals surface area contributed by atoms with Crippen LogP contribution < -0.4 is 9.47 Å². The van der Waals surface area contributed by atoms with Crippen molar-refractivity contribution in [2.45, 2.75) is 63.2 Å². The maximum absolute atomic E-state index is 11.7. The van der Waals surface area contributed by atoms with Gasteiger partial charge in [-0.1, -0.05) is 43.9 Å². The molecule has 0 N–H and O–H groups in total. The molecule has 1 aliphatic heterocycles. The fourth-order valence-electron chi connectivity index (χ4n) is 3.78. The number of ether oxygens (including phenoxy) is 2. The van der Waals surface area contributed by atoms with E-state index in [0.29, 0.717) is 11.5 Å². The van der Waals surface area contributed by atoms with E-state index in [-0.39, 0.29) is 11.4 Å². The van der Waals surface area contributed by atoms with E-state index in [1.807, 2.05) is 19.1 Å². The van der Waals surface area contributed by atoms with Crippen molar-refractivity contribution in [3.8, 4) is 22.7 Å². The predicted molar refractivity (Wildman–Crippen MR) is 121 cm³/mol. The third-order valence-corrected chi connectivity index (χ3v) is 7.29. The van der Waals surface area contributed by atoms with E-state index >= 15 is 0 Å². The number of carbonyl (C=O) groups is 1. The lowest BCUT2D eigenvalue weighted by atomic mass is 9.71. The molecule has 2 heterocycles. The van der Waals surface area contributed by atoms with Gasteiger partial charge in [-0.3, -0.25) is 4.79 Å². The summed E-state index contributed by atoms with van der Waals surface area (Å²) in [5.74, 6) is 7.43. The molecule has 3 rings (SSSR count). The summed E-state index contributed by atoms with van der Waals surface area (Å²) in [6.07, 6.45) is 6.54. The van der Waals surface area contributed by atoms with Crippen LogP contribution in [0.15, 0.2) is 29.2 Å². The standard InChI is InChI=1S/C24H28O3S2/c1-5-8-22(25)27-23-12-11-18(29-23)10-9-17-15-19-20(16-21(17)28-4)26-14-13-24(19,6-2)7-3/h11-12,15-16H,5-8,13-14H2,1-4H3. The van der Waals surface area contributed by atoms with Crippen molar-refractivity contribution < 1.29 is 14.3 Å². The van der Waals surface area contributed by atoms with Gasteiger partial charge in [-0.2, -0.15) is 0 Å². The van der Waals surface area contributed by atoms with Crippen LogP contribution in [-0.2, 0) is 10.2 Å². The largest absolute Gasteiger partial charge is 0.493 e. The lowest BCUT2D eigenvalue weighted by Crippen LogP contribution is -2.31. The molecule has 0 atom stereocenters. The molecule has 154 valence electrons. The highest BCUT2D eigenvalue weighted by molar-refractivity contribution is 7.98. The predicted octanol–water partition coefficient (Wildman–Crippen LogP) is 6.42. The second kappa shape index (κ2) is 9.73. The third kappa shape index (κ3) is 4.82. The van der Waals surface area contributed by atoms with Crippen LogP contribution in [0.25, 0.3) is 0 Å². The highest BCUT2D eigenvalue weighted by Crippen LogP contribution is 2.45. The van der Waals surface area contributed by atoms with Gasteiger partial charge in [0.1, 0.15) is 5.75 Å². The molecule has 1 aromatic carbocycles. The summed E-state index contributed by atoms with van der Waals surface area (Å²) in [5, 5.41) is 0.604. The number of hydrogen-bond acceptors (Lipinski definition) is 5. The minimum Gasteiger partial charge on any atom is -0.493 e. The first kappa shape index (κ1) is 21.8. The number of esters is 1. The van der Waals surface area contributed by atoms with Gasteiger partial charge in [0, 0.05) is 27.9 Å². The normalized spacial score (nSPS) is 14.3.